The minimum atomic E-state index is -2.24. The van der Waals surface area contributed by atoms with E-state index in [1.54, 1.807) is 24.3 Å². The fraction of sp³-hybridized carbons (Fsp3) is 0.200. The molecule has 1 unspecified atom stereocenters. The molecule has 1 atom stereocenters. The highest BCUT2D eigenvalue weighted by atomic mass is 19.1. The van der Waals surface area contributed by atoms with Gasteiger partial charge >= 0.3 is 11.8 Å². The van der Waals surface area contributed by atoms with Gasteiger partial charge in [0.2, 0.25) is 0 Å². The van der Waals surface area contributed by atoms with Gasteiger partial charge in [-0.05, 0) is 0 Å². The maximum absolute atomic E-state index is 13.6. The number of nitrogens with zero attached hydrogens (tertiary/aromatic N) is 1. The summed E-state index contributed by atoms with van der Waals surface area (Å²) in [5.74, 6) is -3.20. The summed E-state index contributed by atoms with van der Waals surface area (Å²) >= 11 is 0. The van der Waals surface area contributed by atoms with Gasteiger partial charge in [-0.3, -0.25) is 0 Å². The number of alkyl halides is 1. The van der Waals surface area contributed by atoms with Gasteiger partial charge in [0.25, 0.3) is 0 Å². The number of carbonyl (C=O) groups excluding carboxylic acids is 1. The molecular formula is C10H8FNO2. The Kier molecular flexibility index (Phi) is 1.84. The second-order valence-corrected chi connectivity index (χ2v) is 2.94. The molecule has 4 heteroatoms. The van der Waals surface area contributed by atoms with Crippen LogP contribution < -0.4 is 0 Å². The first-order chi connectivity index (χ1) is 6.68. The molecule has 0 bridgehead atoms. The lowest BCUT2D eigenvalue weighted by Crippen LogP contribution is -2.26. The Labute approximate surface area is 80.2 Å². The van der Waals surface area contributed by atoms with Gasteiger partial charge in [-0.1, -0.05) is 30.3 Å². The Morgan fingerprint density at radius 2 is 2.07 bits per heavy atom. The minimum absolute atomic E-state index is 0.143. The first-order valence-corrected chi connectivity index (χ1v) is 4.11. The quantitative estimate of drug-likeness (QED) is 0.525. The zero-order valence-corrected chi connectivity index (χ0v) is 7.53. The summed E-state index contributed by atoms with van der Waals surface area (Å²) in [6.07, 6.45) is 0. The summed E-state index contributed by atoms with van der Waals surface area (Å²) in [7, 11) is 1.14. The van der Waals surface area contributed by atoms with Gasteiger partial charge in [0.1, 0.15) is 5.71 Å². The summed E-state index contributed by atoms with van der Waals surface area (Å²) in [5.41, 5.74) is 0.755. The van der Waals surface area contributed by atoms with Gasteiger partial charge < -0.3 is 4.74 Å². The summed E-state index contributed by atoms with van der Waals surface area (Å²) < 4.78 is 17.9. The molecule has 2 rings (SSSR count). The Morgan fingerprint density at radius 1 is 1.43 bits per heavy atom. The van der Waals surface area contributed by atoms with Crippen LogP contribution in [0.3, 0.4) is 0 Å². The third kappa shape index (κ3) is 1.19. The van der Waals surface area contributed by atoms with Crippen molar-refractivity contribution in [3.05, 3.63) is 35.9 Å². The molecule has 0 aliphatic carbocycles. The lowest BCUT2D eigenvalue weighted by atomic mass is 10.1. The summed E-state index contributed by atoms with van der Waals surface area (Å²) in [4.78, 5) is 14.5. The molecule has 0 saturated heterocycles. The molecule has 0 N–H and O–H groups in total. The van der Waals surface area contributed by atoms with Crippen LogP contribution in [-0.2, 0) is 9.53 Å². The van der Waals surface area contributed by atoms with E-state index >= 15 is 0 Å². The molecule has 14 heavy (non-hydrogen) atoms. The van der Waals surface area contributed by atoms with Crippen molar-refractivity contribution in [2.45, 2.75) is 5.79 Å². The van der Waals surface area contributed by atoms with Gasteiger partial charge in [0, 0.05) is 5.56 Å². The van der Waals surface area contributed by atoms with E-state index in [1.165, 1.54) is 0 Å². The molecule has 0 fully saturated rings. The molecule has 1 heterocycles. The van der Waals surface area contributed by atoms with E-state index in [4.69, 9.17) is 0 Å². The van der Waals surface area contributed by atoms with Crippen LogP contribution in [0.5, 0.6) is 0 Å². The third-order valence-corrected chi connectivity index (χ3v) is 2.03. The average molecular weight is 193 g/mol. The number of aliphatic imine (C=N–C) groups is 1. The molecule has 1 aliphatic rings. The van der Waals surface area contributed by atoms with E-state index in [1.807, 2.05) is 6.07 Å². The number of benzene rings is 1. The lowest BCUT2D eigenvalue weighted by molar-refractivity contribution is -0.147. The van der Waals surface area contributed by atoms with Gasteiger partial charge in [-0.2, -0.15) is 4.39 Å². The minimum Gasteiger partial charge on any atom is -0.465 e. The molecule has 0 spiro atoms. The molecule has 1 aliphatic heterocycles. The van der Waals surface area contributed by atoms with Gasteiger partial charge in [-0.15, -0.1) is 0 Å². The molecule has 0 amide bonds. The largest absolute Gasteiger partial charge is 0.465 e. The SMILES string of the molecule is COC(=O)C1(F)N=C1c1ccccc1. The smallest absolute Gasteiger partial charge is 0.373 e. The van der Waals surface area contributed by atoms with E-state index in [9.17, 15) is 9.18 Å². The number of hydrogen-bond donors (Lipinski definition) is 0. The normalized spacial score (nSPS) is 24.0. The number of esters is 1. The van der Waals surface area contributed by atoms with Crippen LogP contribution in [0.25, 0.3) is 0 Å². The molecule has 1 aromatic rings. The van der Waals surface area contributed by atoms with Crippen molar-refractivity contribution in [3.63, 3.8) is 0 Å². The Bertz CT molecular complexity index is 402. The van der Waals surface area contributed by atoms with Crippen molar-refractivity contribution in [2.24, 2.45) is 4.99 Å². The number of hydrogen-bond acceptors (Lipinski definition) is 3. The number of carbonyl (C=O) groups is 1. The summed E-state index contributed by atoms with van der Waals surface area (Å²) in [5, 5.41) is 0. The molecule has 1 aromatic carbocycles. The summed E-state index contributed by atoms with van der Waals surface area (Å²) in [6, 6.07) is 8.72. The van der Waals surface area contributed by atoms with E-state index < -0.39 is 11.8 Å². The molecule has 72 valence electrons. The van der Waals surface area contributed by atoms with Crippen LogP contribution in [0.1, 0.15) is 5.56 Å². The van der Waals surface area contributed by atoms with Crippen molar-refractivity contribution in [1.82, 2.24) is 0 Å². The van der Waals surface area contributed by atoms with Crippen molar-refractivity contribution < 1.29 is 13.9 Å². The van der Waals surface area contributed by atoms with Crippen LogP contribution in [0.4, 0.5) is 4.39 Å². The van der Waals surface area contributed by atoms with Crippen LogP contribution in [0, 0.1) is 0 Å². The maximum Gasteiger partial charge on any atom is 0.373 e. The highest BCUT2D eigenvalue weighted by Crippen LogP contribution is 2.35. The Balaban J connectivity index is 2.20. The van der Waals surface area contributed by atoms with E-state index in [2.05, 4.69) is 9.73 Å². The second kappa shape index (κ2) is 2.90. The predicted octanol–water partition coefficient (Wildman–Crippen LogP) is 1.33. The third-order valence-electron chi connectivity index (χ3n) is 2.03. The Morgan fingerprint density at radius 3 is 2.64 bits per heavy atom. The fourth-order valence-corrected chi connectivity index (χ4v) is 1.26. The average Bonchev–Trinajstić information content (AvgIpc) is 2.92. The number of rotatable bonds is 2. The van der Waals surface area contributed by atoms with Gasteiger partial charge in [0.05, 0.1) is 7.11 Å². The van der Waals surface area contributed by atoms with Crippen LogP contribution >= 0.6 is 0 Å². The van der Waals surface area contributed by atoms with Gasteiger partial charge in [-0.25, -0.2) is 9.79 Å². The highest BCUT2D eigenvalue weighted by molar-refractivity contribution is 6.27. The van der Waals surface area contributed by atoms with Crippen LogP contribution in [-0.4, -0.2) is 24.6 Å². The summed E-state index contributed by atoms with van der Waals surface area (Å²) in [6.45, 7) is 0. The van der Waals surface area contributed by atoms with Crippen molar-refractivity contribution in [2.75, 3.05) is 7.11 Å². The standard InChI is InChI=1S/C10H8FNO2/c1-14-9(13)10(11)8(12-10)7-5-3-2-4-6-7/h2-6H,1H3. The van der Waals surface area contributed by atoms with Crippen LogP contribution in [0.15, 0.2) is 35.3 Å². The predicted molar refractivity (Wildman–Crippen MR) is 48.8 cm³/mol. The topological polar surface area (TPSA) is 38.7 Å². The molecule has 0 saturated carbocycles. The van der Waals surface area contributed by atoms with Crippen LogP contribution in [0.2, 0.25) is 0 Å². The number of methoxy groups -OCH3 is 1. The second-order valence-electron chi connectivity index (χ2n) is 2.94. The fourth-order valence-electron chi connectivity index (χ4n) is 1.26. The first kappa shape index (κ1) is 8.87. The van der Waals surface area contributed by atoms with Crippen molar-refractivity contribution in [1.29, 1.82) is 0 Å². The number of halogens is 1. The lowest BCUT2D eigenvalue weighted by Gasteiger charge is -2.01. The molecule has 0 radical (unpaired) electrons. The van der Waals surface area contributed by atoms with E-state index in [0.717, 1.165) is 7.11 Å². The Hall–Kier alpha value is -1.71. The number of ether oxygens (including phenoxy) is 1. The van der Waals surface area contributed by atoms with E-state index in [0.29, 0.717) is 5.56 Å². The van der Waals surface area contributed by atoms with Crippen molar-refractivity contribution in [3.8, 4) is 0 Å². The molecular weight excluding hydrogens is 185 g/mol. The zero-order chi connectivity index (χ0) is 10.2. The van der Waals surface area contributed by atoms with E-state index in [-0.39, 0.29) is 5.71 Å². The zero-order valence-electron chi connectivity index (χ0n) is 7.53. The monoisotopic (exact) mass is 193 g/mol. The van der Waals surface area contributed by atoms with Crippen molar-refractivity contribution >= 4 is 11.7 Å². The first-order valence-electron chi connectivity index (χ1n) is 4.11. The molecule has 0 aromatic heterocycles. The highest BCUT2D eigenvalue weighted by Gasteiger charge is 2.57. The van der Waals surface area contributed by atoms with Gasteiger partial charge in [0.15, 0.2) is 0 Å². The maximum atomic E-state index is 13.6. The molecule has 3 nitrogen and oxygen atoms in total.